The van der Waals surface area contributed by atoms with E-state index >= 15 is 0 Å². The van der Waals surface area contributed by atoms with Gasteiger partial charge in [0.15, 0.2) is 0 Å². The lowest BCUT2D eigenvalue weighted by Gasteiger charge is -2.13. The van der Waals surface area contributed by atoms with E-state index in [9.17, 15) is 0 Å². The van der Waals surface area contributed by atoms with Crippen molar-refractivity contribution < 1.29 is 9.84 Å². The van der Waals surface area contributed by atoms with Crippen LogP contribution in [-0.4, -0.2) is 37.5 Å². The van der Waals surface area contributed by atoms with E-state index in [1.807, 2.05) is 0 Å². The van der Waals surface area contributed by atoms with Gasteiger partial charge in [-0.1, -0.05) is 26.2 Å². The van der Waals surface area contributed by atoms with Crippen molar-refractivity contribution in [3.05, 3.63) is 0 Å². The summed E-state index contributed by atoms with van der Waals surface area (Å²) in [5.41, 5.74) is 0. The van der Waals surface area contributed by atoms with Crippen LogP contribution in [0.5, 0.6) is 0 Å². The summed E-state index contributed by atoms with van der Waals surface area (Å²) < 4.78 is 5.15. The van der Waals surface area contributed by atoms with Gasteiger partial charge in [-0.2, -0.15) is 0 Å². The molecule has 0 aliphatic heterocycles. The highest BCUT2D eigenvalue weighted by molar-refractivity contribution is 4.59. The van der Waals surface area contributed by atoms with Crippen LogP contribution in [0.15, 0.2) is 0 Å². The van der Waals surface area contributed by atoms with E-state index in [0.29, 0.717) is 19.3 Å². The summed E-state index contributed by atoms with van der Waals surface area (Å²) in [4.78, 5) is 0. The molecule has 0 fully saturated rings. The van der Waals surface area contributed by atoms with Crippen LogP contribution in [0.2, 0.25) is 0 Å². The Morgan fingerprint density at radius 1 is 1.29 bits per heavy atom. The van der Waals surface area contributed by atoms with Gasteiger partial charge in [0.05, 0.1) is 19.8 Å². The molecule has 2 N–H and O–H groups in total. The lowest BCUT2D eigenvalue weighted by Crippen LogP contribution is -2.29. The van der Waals surface area contributed by atoms with Crippen molar-refractivity contribution in [2.24, 2.45) is 0 Å². The van der Waals surface area contributed by atoms with Crippen LogP contribution in [0.3, 0.4) is 0 Å². The summed E-state index contributed by atoms with van der Waals surface area (Å²) in [6, 6.07) is 0.583. The first-order valence-corrected chi connectivity index (χ1v) is 5.73. The summed E-state index contributed by atoms with van der Waals surface area (Å²) >= 11 is 0. The van der Waals surface area contributed by atoms with Gasteiger partial charge in [-0.3, -0.25) is 0 Å². The number of hydrogen-bond acceptors (Lipinski definition) is 3. The first kappa shape index (κ1) is 13.9. The molecule has 0 aromatic carbocycles. The Kier molecular flexibility index (Phi) is 10.9. The van der Waals surface area contributed by atoms with Gasteiger partial charge in [-0.05, 0) is 13.3 Å². The molecule has 0 aromatic heterocycles. The van der Waals surface area contributed by atoms with E-state index < -0.39 is 0 Å². The highest BCUT2D eigenvalue weighted by Gasteiger charge is 1.99. The number of aliphatic hydroxyl groups excluding tert-OH is 1. The van der Waals surface area contributed by atoms with Crippen LogP contribution in [0.25, 0.3) is 0 Å². The minimum absolute atomic E-state index is 0.117. The van der Waals surface area contributed by atoms with Crippen molar-refractivity contribution >= 4 is 0 Å². The largest absolute Gasteiger partial charge is 0.394 e. The zero-order valence-corrected chi connectivity index (χ0v) is 9.59. The third kappa shape index (κ3) is 9.96. The van der Waals surface area contributed by atoms with Gasteiger partial charge in [0.25, 0.3) is 0 Å². The lowest BCUT2D eigenvalue weighted by molar-refractivity contribution is 0.0926. The SMILES string of the molecule is CCCCC[C@@H](C)NCCOCCO. The Bertz CT molecular complexity index is 109. The standard InChI is InChI=1S/C11H25NO2/c1-3-4-5-6-11(2)12-7-9-14-10-8-13/h11-13H,3-10H2,1-2H3/t11-/m1/s1. The van der Waals surface area contributed by atoms with Crippen molar-refractivity contribution in [3.63, 3.8) is 0 Å². The predicted molar refractivity (Wildman–Crippen MR) is 59.5 cm³/mol. The van der Waals surface area contributed by atoms with Crippen LogP contribution in [0.1, 0.15) is 39.5 Å². The molecule has 3 nitrogen and oxygen atoms in total. The zero-order chi connectivity index (χ0) is 10.6. The molecule has 0 saturated carbocycles. The topological polar surface area (TPSA) is 41.5 Å². The Morgan fingerprint density at radius 2 is 2.07 bits per heavy atom. The molecule has 0 aromatic rings. The van der Waals surface area contributed by atoms with Crippen molar-refractivity contribution in [2.45, 2.75) is 45.6 Å². The van der Waals surface area contributed by atoms with Crippen LogP contribution < -0.4 is 5.32 Å². The molecule has 0 unspecified atom stereocenters. The minimum atomic E-state index is 0.117. The summed E-state index contributed by atoms with van der Waals surface area (Å²) in [6.45, 7) is 6.58. The van der Waals surface area contributed by atoms with Gasteiger partial charge < -0.3 is 15.2 Å². The molecule has 0 aliphatic rings. The average molecular weight is 203 g/mol. The molecule has 3 heteroatoms. The van der Waals surface area contributed by atoms with E-state index in [0.717, 1.165) is 6.54 Å². The van der Waals surface area contributed by atoms with Crippen LogP contribution in [-0.2, 0) is 4.74 Å². The summed E-state index contributed by atoms with van der Waals surface area (Å²) in [5.74, 6) is 0. The van der Waals surface area contributed by atoms with E-state index in [1.54, 1.807) is 0 Å². The smallest absolute Gasteiger partial charge is 0.0698 e. The summed E-state index contributed by atoms with van der Waals surface area (Å²) in [7, 11) is 0. The zero-order valence-electron chi connectivity index (χ0n) is 9.59. The monoisotopic (exact) mass is 203 g/mol. The van der Waals surface area contributed by atoms with Crippen LogP contribution in [0, 0.1) is 0 Å². The van der Waals surface area contributed by atoms with E-state index in [4.69, 9.17) is 9.84 Å². The number of nitrogens with one attached hydrogen (secondary N) is 1. The van der Waals surface area contributed by atoms with E-state index in [2.05, 4.69) is 19.2 Å². The fraction of sp³-hybridized carbons (Fsp3) is 1.00. The van der Waals surface area contributed by atoms with Gasteiger partial charge in [0.2, 0.25) is 0 Å². The number of hydrogen-bond donors (Lipinski definition) is 2. The van der Waals surface area contributed by atoms with Crippen molar-refractivity contribution in [1.29, 1.82) is 0 Å². The Balaban J connectivity index is 3.06. The molecular formula is C11H25NO2. The number of ether oxygens (including phenoxy) is 1. The molecule has 0 saturated heterocycles. The molecule has 0 heterocycles. The minimum Gasteiger partial charge on any atom is -0.394 e. The van der Waals surface area contributed by atoms with Crippen LogP contribution >= 0.6 is 0 Å². The first-order chi connectivity index (χ1) is 6.81. The fourth-order valence-corrected chi connectivity index (χ4v) is 1.35. The Hall–Kier alpha value is -0.120. The average Bonchev–Trinajstić information content (AvgIpc) is 2.18. The van der Waals surface area contributed by atoms with E-state index in [-0.39, 0.29) is 6.61 Å². The Labute approximate surface area is 87.8 Å². The molecule has 1 atom stereocenters. The quantitative estimate of drug-likeness (QED) is 0.529. The molecule has 14 heavy (non-hydrogen) atoms. The molecule has 0 aliphatic carbocycles. The molecule has 0 bridgehead atoms. The summed E-state index contributed by atoms with van der Waals surface area (Å²) in [6.07, 6.45) is 5.16. The fourth-order valence-electron chi connectivity index (χ4n) is 1.35. The number of rotatable bonds is 10. The maximum Gasteiger partial charge on any atom is 0.0698 e. The van der Waals surface area contributed by atoms with Crippen molar-refractivity contribution in [2.75, 3.05) is 26.4 Å². The summed E-state index contributed by atoms with van der Waals surface area (Å²) in [5, 5.41) is 11.9. The molecule has 0 spiro atoms. The molecule has 0 radical (unpaired) electrons. The maximum absolute atomic E-state index is 8.47. The van der Waals surface area contributed by atoms with Crippen molar-refractivity contribution in [1.82, 2.24) is 5.32 Å². The van der Waals surface area contributed by atoms with E-state index in [1.165, 1.54) is 25.7 Å². The lowest BCUT2D eigenvalue weighted by atomic mass is 10.1. The molecular weight excluding hydrogens is 178 g/mol. The number of unbranched alkanes of at least 4 members (excludes halogenated alkanes) is 2. The van der Waals surface area contributed by atoms with Gasteiger partial charge in [-0.15, -0.1) is 0 Å². The number of aliphatic hydroxyl groups is 1. The molecule has 86 valence electrons. The highest BCUT2D eigenvalue weighted by atomic mass is 16.5. The van der Waals surface area contributed by atoms with Gasteiger partial charge in [0.1, 0.15) is 0 Å². The molecule has 0 rings (SSSR count). The predicted octanol–water partition coefficient (Wildman–Crippen LogP) is 1.55. The second-order valence-electron chi connectivity index (χ2n) is 3.69. The first-order valence-electron chi connectivity index (χ1n) is 5.73. The third-order valence-electron chi connectivity index (χ3n) is 2.22. The maximum atomic E-state index is 8.47. The van der Waals surface area contributed by atoms with Gasteiger partial charge in [0, 0.05) is 12.6 Å². The Morgan fingerprint density at radius 3 is 2.71 bits per heavy atom. The van der Waals surface area contributed by atoms with Gasteiger partial charge in [-0.25, -0.2) is 0 Å². The van der Waals surface area contributed by atoms with Gasteiger partial charge >= 0.3 is 0 Å². The highest BCUT2D eigenvalue weighted by Crippen LogP contribution is 2.02. The third-order valence-corrected chi connectivity index (χ3v) is 2.22. The normalized spacial score (nSPS) is 13.1. The van der Waals surface area contributed by atoms with Crippen LogP contribution in [0.4, 0.5) is 0 Å². The second kappa shape index (κ2) is 11.0. The molecule has 0 amide bonds. The second-order valence-corrected chi connectivity index (χ2v) is 3.69. The van der Waals surface area contributed by atoms with Crippen molar-refractivity contribution in [3.8, 4) is 0 Å².